The fraction of sp³-hybridized carbons (Fsp3) is 0.480. The third-order valence-corrected chi connectivity index (χ3v) is 4.80. The predicted octanol–water partition coefficient (Wildman–Crippen LogP) is 5.88. The maximum absolute atomic E-state index is 12.4. The molecule has 0 atom stereocenters. The van der Waals surface area contributed by atoms with Crippen molar-refractivity contribution in [2.24, 2.45) is 0 Å². The molecule has 0 aliphatic carbocycles. The Morgan fingerprint density at radius 1 is 0.966 bits per heavy atom. The van der Waals surface area contributed by atoms with Gasteiger partial charge in [0.25, 0.3) is 5.91 Å². The van der Waals surface area contributed by atoms with Gasteiger partial charge in [-0.15, -0.1) is 0 Å². The first-order chi connectivity index (χ1) is 13.8. The van der Waals surface area contributed by atoms with E-state index in [1.807, 2.05) is 37.3 Å². The summed E-state index contributed by atoms with van der Waals surface area (Å²) in [5.41, 5.74) is 2.88. The van der Waals surface area contributed by atoms with Crippen LogP contribution in [0.2, 0.25) is 0 Å². The molecule has 4 nitrogen and oxygen atoms in total. The summed E-state index contributed by atoms with van der Waals surface area (Å²) in [5, 5.41) is 2.99. The lowest BCUT2D eigenvalue weighted by atomic mass is 9.87. The minimum absolute atomic E-state index is 0.0556. The topological polar surface area (TPSA) is 47.6 Å². The third kappa shape index (κ3) is 7.12. The van der Waals surface area contributed by atoms with Gasteiger partial charge in [-0.3, -0.25) is 4.79 Å². The van der Waals surface area contributed by atoms with Gasteiger partial charge in [0.2, 0.25) is 0 Å². The van der Waals surface area contributed by atoms with Crippen molar-refractivity contribution in [2.75, 3.05) is 13.2 Å². The van der Waals surface area contributed by atoms with Crippen LogP contribution in [-0.2, 0) is 12.0 Å². The summed E-state index contributed by atoms with van der Waals surface area (Å²) in [6, 6.07) is 13.7. The minimum atomic E-state index is -0.0556. The molecule has 0 spiro atoms. The number of carbonyl (C=O) groups is 1. The maximum atomic E-state index is 12.4. The third-order valence-electron chi connectivity index (χ3n) is 4.80. The van der Waals surface area contributed by atoms with Crippen LogP contribution in [0.3, 0.4) is 0 Å². The van der Waals surface area contributed by atoms with Gasteiger partial charge in [-0.25, -0.2) is 0 Å². The lowest BCUT2D eigenvalue weighted by Gasteiger charge is -2.19. The molecule has 29 heavy (non-hydrogen) atoms. The first-order valence-corrected chi connectivity index (χ1v) is 10.6. The van der Waals surface area contributed by atoms with E-state index in [1.165, 1.54) is 5.56 Å². The highest BCUT2D eigenvalue weighted by Gasteiger charge is 2.14. The van der Waals surface area contributed by atoms with Crippen LogP contribution in [0.1, 0.15) is 75.4 Å². The highest BCUT2D eigenvalue weighted by atomic mass is 16.5. The molecule has 0 fully saturated rings. The molecule has 2 aromatic rings. The van der Waals surface area contributed by atoms with Gasteiger partial charge in [-0.1, -0.05) is 52.7 Å². The van der Waals surface area contributed by atoms with E-state index in [-0.39, 0.29) is 11.3 Å². The van der Waals surface area contributed by atoms with Crippen molar-refractivity contribution in [3.05, 3.63) is 59.2 Å². The van der Waals surface area contributed by atoms with Gasteiger partial charge >= 0.3 is 0 Å². The molecule has 0 radical (unpaired) electrons. The number of amides is 1. The Hall–Kier alpha value is -2.49. The zero-order chi connectivity index (χ0) is 21.3. The van der Waals surface area contributed by atoms with Crippen LogP contribution in [0, 0.1) is 0 Å². The van der Waals surface area contributed by atoms with E-state index in [2.05, 4.69) is 45.1 Å². The van der Waals surface area contributed by atoms with Crippen LogP contribution >= 0.6 is 0 Å². The van der Waals surface area contributed by atoms with Gasteiger partial charge in [-0.2, -0.15) is 0 Å². The number of carbonyl (C=O) groups excluding carboxylic acids is 1. The van der Waals surface area contributed by atoms with Crippen LogP contribution in [0.5, 0.6) is 11.5 Å². The van der Waals surface area contributed by atoms with E-state index in [0.717, 1.165) is 36.3 Å². The number of rotatable bonds is 10. The maximum Gasteiger partial charge on any atom is 0.251 e. The second kappa shape index (κ2) is 10.9. The molecule has 0 heterocycles. The number of ether oxygens (including phenoxy) is 2. The molecule has 0 aliphatic rings. The Bertz CT molecular complexity index is 776. The highest BCUT2D eigenvalue weighted by molar-refractivity contribution is 5.94. The first-order valence-electron chi connectivity index (χ1n) is 10.6. The normalized spacial score (nSPS) is 11.2. The molecule has 1 amide bonds. The second-order valence-electron chi connectivity index (χ2n) is 8.28. The molecule has 2 aromatic carbocycles. The Balaban J connectivity index is 2.07. The molecule has 2 rings (SSSR count). The number of hydrogen-bond acceptors (Lipinski definition) is 3. The lowest BCUT2D eigenvalue weighted by Crippen LogP contribution is -2.24. The molecular weight excluding hydrogens is 362 g/mol. The predicted molar refractivity (Wildman–Crippen MR) is 119 cm³/mol. The summed E-state index contributed by atoms with van der Waals surface area (Å²) in [5.74, 6) is 1.50. The summed E-state index contributed by atoms with van der Waals surface area (Å²) in [4.78, 5) is 12.4. The Morgan fingerprint density at radius 2 is 1.69 bits per heavy atom. The zero-order valence-corrected chi connectivity index (χ0v) is 18.5. The average Bonchev–Trinajstić information content (AvgIpc) is 2.70. The fourth-order valence-electron chi connectivity index (χ4n) is 3.02. The molecule has 0 saturated heterocycles. The van der Waals surface area contributed by atoms with Crippen LogP contribution in [0.25, 0.3) is 0 Å². The van der Waals surface area contributed by atoms with Crippen molar-refractivity contribution in [1.29, 1.82) is 0 Å². The fourth-order valence-corrected chi connectivity index (χ4v) is 3.02. The van der Waals surface area contributed by atoms with Crippen LogP contribution in [0.15, 0.2) is 42.5 Å². The quantitative estimate of drug-likeness (QED) is 0.509. The lowest BCUT2D eigenvalue weighted by molar-refractivity contribution is 0.0952. The standard InChI is InChI=1S/C25H35NO3/c1-6-8-9-16-26-24(27)19-10-15-23(28-7-2)20(17-19)18-29-22-13-11-21(12-14-22)25(3,4)5/h10-15,17H,6-9,16,18H2,1-5H3,(H,26,27). The number of nitrogens with one attached hydrogen (secondary N) is 1. The molecule has 1 N–H and O–H groups in total. The van der Waals surface area contributed by atoms with Gasteiger partial charge < -0.3 is 14.8 Å². The summed E-state index contributed by atoms with van der Waals surface area (Å²) >= 11 is 0. The number of unbranched alkanes of at least 4 members (excludes halogenated alkanes) is 2. The Kier molecular flexibility index (Phi) is 8.56. The zero-order valence-electron chi connectivity index (χ0n) is 18.5. The SMILES string of the molecule is CCCCCNC(=O)c1ccc(OCC)c(COc2ccc(C(C)(C)C)cc2)c1. The average molecular weight is 398 g/mol. The van der Waals surface area contributed by atoms with Crippen LogP contribution < -0.4 is 14.8 Å². The molecule has 0 bridgehead atoms. The van der Waals surface area contributed by atoms with E-state index in [1.54, 1.807) is 0 Å². The van der Waals surface area contributed by atoms with E-state index in [4.69, 9.17) is 9.47 Å². The van der Waals surface area contributed by atoms with Gasteiger partial charge in [-0.05, 0) is 54.7 Å². The molecule has 4 heteroatoms. The van der Waals surface area contributed by atoms with Crippen molar-refractivity contribution in [3.8, 4) is 11.5 Å². The summed E-state index contributed by atoms with van der Waals surface area (Å²) in [6.07, 6.45) is 3.26. The molecule has 0 aromatic heterocycles. The van der Waals surface area contributed by atoms with E-state index in [9.17, 15) is 4.79 Å². The highest BCUT2D eigenvalue weighted by Crippen LogP contribution is 2.26. The smallest absolute Gasteiger partial charge is 0.251 e. The monoisotopic (exact) mass is 397 g/mol. The van der Waals surface area contributed by atoms with Gasteiger partial charge in [0.05, 0.1) is 6.61 Å². The number of hydrogen-bond donors (Lipinski definition) is 1. The summed E-state index contributed by atoms with van der Waals surface area (Å²) in [6.45, 7) is 12.3. The first kappa shape index (κ1) is 22.8. The molecule has 0 aliphatic heterocycles. The van der Waals surface area contributed by atoms with Crippen molar-refractivity contribution < 1.29 is 14.3 Å². The summed E-state index contributed by atoms with van der Waals surface area (Å²) in [7, 11) is 0. The largest absolute Gasteiger partial charge is 0.493 e. The Labute approximate surface area is 175 Å². The van der Waals surface area contributed by atoms with Gasteiger partial charge in [0.15, 0.2) is 0 Å². The van der Waals surface area contributed by atoms with Crippen molar-refractivity contribution >= 4 is 5.91 Å². The van der Waals surface area contributed by atoms with E-state index < -0.39 is 0 Å². The molecule has 0 saturated carbocycles. The molecular formula is C25H35NO3. The molecule has 158 valence electrons. The minimum Gasteiger partial charge on any atom is -0.493 e. The second-order valence-corrected chi connectivity index (χ2v) is 8.28. The van der Waals surface area contributed by atoms with Crippen molar-refractivity contribution in [2.45, 2.75) is 65.9 Å². The summed E-state index contributed by atoms with van der Waals surface area (Å²) < 4.78 is 11.7. The van der Waals surface area contributed by atoms with Gasteiger partial charge in [0, 0.05) is 17.7 Å². The van der Waals surface area contributed by atoms with E-state index in [0.29, 0.717) is 25.3 Å². The van der Waals surface area contributed by atoms with Crippen molar-refractivity contribution in [3.63, 3.8) is 0 Å². The van der Waals surface area contributed by atoms with Crippen LogP contribution in [0.4, 0.5) is 0 Å². The number of benzene rings is 2. The van der Waals surface area contributed by atoms with Crippen molar-refractivity contribution in [1.82, 2.24) is 5.32 Å². The van der Waals surface area contributed by atoms with E-state index >= 15 is 0 Å². The Morgan fingerprint density at radius 3 is 2.31 bits per heavy atom. The molecule has 0 unspecified atom stereocenters. The van der Waals surface area contributed by atoms with Crippen LogP contribution in [-0.4, -0.2) is 19.1 Å². The van der Waals surface area contributed by atoms with Gasteiger partial charge in [0.1, 0.15) is 18.1 Å².